The third kappa shape index (κ3) is 5.49. The van der Waals surface area contributed by atoms with Crippen LogP contribution in [0.15, 0.2) is 29.6 Å². The predicted molar refractivity (Wildman–Crippen MR) is 127 cm³/mol. The number of carbonyl (C=O) groups excluding carboxylic acids is 1. The van der Waals surface area contributed by atoms with Gasteiger partial charge in [0.25, 0.3) is 5.91 Å². The van der Waals surface area contributed by atoms with E-state index in [9.17, 15) is 4.79 Å². The van der Waals surface area contributed by atoms with Crippen LogP contribution in [0.1, 0.15) is 33.0 Å². The molecule has 0 radical (unpaired) electrons. The molecule has 0 atom stereocenters. The lowest BCUT2D eigenvalue weighted by Crippen LogP contribution is -2.25. The van der Waals surface area contributed by atoms with Crippen LogP contribution in [0, 0.1) is 13.8 Å². The minimum Gasteiger partial charge on any atom is -0.493 e. The van der Waals surface area contributed by atoms with Crippen molar-refractivity contribution >= 4 is 17.2 Å². The Kier molecular flexibility index (Phi) is 8.30. The van der Waals surface area contributed by atoms with E-state index in [0.717, 1.165) is 40.5 Å². The van der Waals surface area contributed by atoms with Gasteiger partial charge in [0.15, 0.2) is 11.5 Å². The summed E-state index contributed by atoms with van der Waals surface area (Å²) in [7, 11) is 4.93. The molecule has 2 heterocycles. The van der Waals surface area contributed by atoms with Gasteiger partial charge in [0.05, 0.1) is 36.2 Å². The van der Waals surface area contributed by atoms with Crippen molar-refractivity contribution in [1.82, 2.24) is 14.9 Å². The number of hydrogen-bond donors (Lipinski definition) is 1. The Morgan fingerprint density at radius 2 is 1.91 bits per heavy atom. The van der Waals surface area contributed by atoms with E-state index in [2.05, 4.69) is 14.9 Å². The Labute approximate surface area is 193 Å². The summed E-state index contributed by atoms with van der Waals surface area (Å²) in [4.78, 5) is 17.5. The van der Waals surface area contributed by atoms with E-state index in [1.54, 1.807) is 32.7 Å². The summed E-state index contributed by atoms with van der Waals surface area (Å²) in [6.07, 6.45) is 1.56. The van der Waals surface area contributed by atoms with E-state index in [4.69, 9.17) is 14.2 Å². The quantitative estimate of drug-likeness (QED) is 0.436. The Hall–Kier alpha value is -2.84. The van der Waals surface area contributed by atoms with Crippen molar-refractivity contribution < 1.29 is 19.0 Å². The molecule has 0 saturated heterocycles. The molecule has 0 aliphatic carbocycles. The Bertz CT molecular complexity index is 1060. The van der Waals surface area contributed by atoms with Crippen LogP contribution in [0.2, 0.25) is 0 Å². The topological polar surface area (TPSA) is 74.6 Å². The summed E-state index contributed by atoms with van der Waals surface area (Å²) in [6.45, 7) is 5.88. The zero-order chi connectivity index (χ0) is 23.1. The normalized spacial score (nSPS) is 10.9. The van der Waals surface area contributed by atoms with Crippen molar-refractivity contribution in [3.05, 3.63) is 51.5 Å². The number of aromatic nitrogens is 2. The first-order valence-electron chi connectivity index (χ1n) is 10.6. The van der Waals surface area contributed by atoms with Gasteiger partial charge >= 0.3 is 0 Å². The van der Waals surface area contributed by atoms with Crippen LogP contribution >= 0.6 is 11.3 Å². The maximum Gasteiger partial charge on any atom is 0.253 e. The number of thiazole rings is 1. The van der Waals surface area contributed by atoms with Gasteiger partial charge in [-0.15, -0.1) is 11.3 Å². The third-order valence-electron chi connectivity index (χ3n) is 5.38. The fraction of sp³-hybridized carbons (Fsp3) is 0.417. The lowest BCUT2D eigenvalue weighted by atomic mass is 10.1. The van der Waals surface area contributed by atoms with Gasteiger partial charge < -0.3 is 24.1 Å². The highest BCUT2D eigenvalue weighted by molar-refractivity contribution is 7.09. The Morgan fingerprint density at radius 3 is 2.56 bits per heavy atom. The van der Waals surface area contributed by atoms with Crippen LogP contribution in [-0.4, -0.2) is 49.9 Å². The lowest BCUT2D eigenvalue weighted by molar-refractivity contribution is 0.0948. The molecule has 8 heteroatoms. The van der Waals surface area contributed by atoms with Crippen LogP contribution < -0.4 is 14.8 Å². The van der Waals surface area contributed by atoms with Gasteiger partial charge in [0.2, 0.25) is 0 Å². The first-order valence-corrected chi connectivity index (χ1v) is 11.5. The summed E-state index contributed by atoms with van der Waals surface area (Å²) in [6, 6.07) is 7.90. The van der Waals surface area contributed by atoms with Gasteiger partial charge in [-0.2, -0.15) is 0 Å². The highest BCUT2D eigenvalue weighted by Gasteiger charge is 2.20. The number of hydrogen-bond acceptors (Lipinski definition) is 6. The summed E-state index contributed by atoms with van der Waals surface area (Å²) in [5, 5.41) is 6.03. The van der Waals surface area contributed by atoms with Gasteiger partial charge in [0, 0.05) is 37.9 Å². The molecule has 0 fully saturated rings. The molecule has 7 nitrogen and oxygen atoms in total. The van der Waals surface area contributed by atoms with Gasteiger partial charge in [-0.25, -0.2) is 4.98 Å². The van der Waals surface area contributed by atoms with Gasteiger partial charge in [0.1, 0.15) is 0 Å². The number of carbonyl (C=O) groups is 1. The second kappa shape index (κ2) is 11.2. The zero-order valence-electron chi connectivity index (χ0n) is 19.4. The molecular formula is C24H31N3O4S. The van der Waals surface area contributed by atoms with Gasteiger partial charge in [-0.05, 0) is 50.5 Å². The van der Waals surface area contributed by atoms with Crippen LogP contribution in [0.4, 0.5) is 0 Å². The number of nitrogens with one attached hydrogen (secondary N) is 1. The van der Waals surface area contributed by atoms with E-state index >= 15 is 0 Å². The molecule has 0 aliphatic rings. The van der Waals surface area contributed by atoms with E-state index in [0.29, 0.717) is 36.8 Å². The standard InChI is InChI=1S/C24H31N3O4S/c1-16-19(24(28)25-10-6-12-29-3)14-21(20-15-32-17(2)26-20)27(16)11-9-18-7-8-22(30-4)23(13-18)31-5/h7-8,13-15H,6,9-12H2,1-5H3,(H,25,28). The molecule has 1 amide bonds. The van der Waals surface area contributed by atoms with Gasteiger partial charge in [-0.3, -0.25) is 4.79 Å². The molecule has 2 aromatic heterocycles. The van der Waals surface area contributed by atoms with Crippen molar-refractivity contribution in [2.24, 2.45) is 0 Å². The molecule has 0 spiro atoms. The molecule has 1 N–H and O–H groups in total. The summed E-state index contributed by atoms with van der Waals surface area (Å²) < 4.78 is 18.0. The first-order chi connectivity index (χ1) is 15.5. The maximum atomic E-state index is 12.8. The van der Waals surface area contributed by atoms with E-state index in [-0.39, 0.29) is 5.91 Å². The second-order valence-electron chi connectivity index (χ2n) is 7.47. The average molecular weight is 458 g/mol. The number of methoxy groups -OCH3 is 3. The van der Waals surface area contributed by atoms with Crippen LogP contribution in [-0.2, 0) is 17.7 Å². The zero-order valence-corrected chi connectivity index (χ0v) is 20.2. The number of amides is 1. The van der Waals surface area contributed by atoms with Crippen LogP contribution in [0.25, 0.3) is 11.4 Å². The molecule has 0 bridgehead atoms. The Morgan fingerprint density at radius 1 is 1.12 bits per heavy atom. The minimum atomic E-state index is -0.0725. The number of aryl methyl sites for hydroxylation is 2. The molecule has 172 valence electrons. The molecule has 1 aromatic carbocycles. The minimum absolute atomic E-state index is 0.0725. The van der Waals surface area contributed by atoms with Crippen molar-refractivity contribution in [2.45, 2.75) is 33.2 Å². The van der Waals surface area contributed by atoms with Crippen molar-refractivity contribution in [3.63, 3.8) is 0 Å². The highest BCUT2D eigenvalue weighted by atomic mass is 32.1. The fourth-order valence-electron chi connectivity index (χ4n) is 3.65. The largest absolute Gasteiger partial charge is 0.493 e. The number of nitrogens with zero attached hydrogens (tertiary/aromatic N) is 2. The van der Waals surface area contributed by atoms with Crippen molar-refractivity contribution in [2.75, 3.05) is 34.5 Å². The summed E-state index contributed by atoms with van der Waals surface area (Å²) in [5.41, 5.74) is 4.57. The highest BCUT2D eigenvalue weighted by Crippen LogP contribution is 2.30. The first kappa shape index (κ1) is 23.8. The molecule has 0 saturated carbocycles. The van der Waals surface area contributed by atoms with Gasteiger partial charge in [-0.1, -0.05) is 6.07 Å². The molecule has 3 aromatic rings. The Balaban J connectivity index is 1.86. The van der Waals surface area contributed by atoms with Crippen molar-refractivity contribution in [1.29, 1.82) is 0 Å². The summed E-state index contributed by atoms with van der Waals surface area (Å²) >= 11 is 1.60. The molecular weight excluding hydrogens is 426 g/mol. The second-order valence-corrected chi connectivity index (χ2v) is 8.54. The molecule has 0 aliphatic heterocycles. The van der Waals surface area contributed by atoms with Crippen molar-refractivity contribution in [3.8, 4) is 22.9 Å². The number of ether oxygens (including phenoxy) is 3. The SMILES string of the molecule is COCCCNC(=O)c1cc(-c2csc(C)n2)n(CCc2ccc(OC)c(OC)c2)c1C. The smallest absolute Gasteiger partial charge is 0.253 e. The van der Waals surface area contributed by atoms with E-state index in [1.807, 2.05) is 43.5 Å². The monoisotopic (exact) mass is 457 g/mol. The number of benzene rings is 1. The average Bonchev–Trinajstić information content (AvgIpc) is 3.37. The lowest BCUT2D eigenvalue weighted by Gasteiger charge is -2.13. The van der Waals surface area contributed by atoms with Crippen LogP contribution in [0.3, 0.4) is 0 Å². The maximum absolute atomic E-state index is 12.8. The summed E-state index contributed by atoms with van der Waals surface area (Å²) in [5.74, 6) is 1.34. The van der Waals surface area contributed by atoms with Crippen LogP contribution in [0.5, 0.6) is 11.5 Å². The predicted octanol–water partition coefficient (Wildman–Crippen LogP) is 4.25. The molecule has 3 rings (SSSR count). The third-order valence-corrected chi connectivity index (χ3v) is 6.15. The fourth-order valence-corrected chi connectivity index (χ4v) is 4.25. The molecule has 0 unspecified atom stereocenters. The molecule has 32 heavy (non-hydrogen) atoms. The number of rotatable bonds is 11. The van der Waals surface area contributed by atoms with E-state index in [1.165, 1.54) is 0 Å². The van der Waals surface area contributed by atoms with E-state index < -0.39 is 0 Å².